The molecule has 12 aromatic rings. The van der Waals surface area contributed by atoms with Gasteiger partial charge in [-0.15, -0.1) is 11.3 Å². The molecule has 0 fully saturated rings. The van der Waals surface area contributed by atoms with Crippen LogP contribution in [0.5, 0.6) is 0 Å². The highest BCUT2D eigenvalue weighted by Crippen LogP contribution is 2.69. The fourth-order valence-corrected chi connectivity index (χ4v) is 15.1. The van der Waals surface area contributed by atoms with Gasteiger partial charge in [-0.05, 0) is 174 Å². The third-order valence-corrected chi connectivity index (χ3v) is 19.5. The normalized spacial score (nSPS) is 13.8. The van der Waals surface area contributed by atoms with E-state index in [-0.39, 0.29) is 21.7 Å². The maximum atomic E-state index is 7.60. The Morgan fingerprint density at radius 3 is 1.20 bits per heavy atom. The van der Waals surface area contributed by atoms with E-state index in [0.29, 0.717) is 10.0 Å². The smallest absolute Gasteiger partial charge is 0.145 e. The van der Waals surface area contributed by atoms with Crippen molar-refractivity contribution in [1.82, 2.24) is 0 Å². The monoisotopic (exact) mass is 1140 g/mol. The van der Waals surface area contributed by atoms with E-state index in [1.807, 2.05) is 23.5 Å². The van der Waals surface area contributed by atoms with Crippen LogP contribution in [0, 0.1) is 0 Å². The van der Waals surface area contributed by atoms with Crippen LogP contribution in [0.2, 0.25) is 10.0 Å². The van der Waals surface area contributed by atoms with Gasteiger partial charge in [0.1, 0.15) is 11.2 Å². The average molecular weight is 1140 g/mol. The zero-order valence-corrected chi connectivity index (χ0v) is 51.8. The van der Waals surface area contributed by atoms with Crippen LogP contribution in [0.25, 0.3) is 64.4 Å². The molecule has 0 bridgehead atoms. The summed E-state index contributed by atoms with van der Waals surface area (Å²) in [7, 11) is 0. The van der Waals surface area contributed by atoms with Crippen molar-refractivity contribution < 1.29 is 4.42 Å². The van der Waals surface area contributed by atoms with Gasteiger partial charge < -0.3 is 14.2 Å². The van der Waals surface area contributed by atoms with E-state index in [9.17, 15) is 0 Å². The van der Waals surface area contributed by atoms with Crippen molar-refractivity contribution in [1.29, 1.82) is 0 Å². The average Bonchev–Trinajstić information content (AvgIpc) is 2.89. The first-order chi connectivity index (χ1) is 39.5. The summed E-state index contributed by atoms with van der Waals surface area (Å²) in [6.07, 6.45) is 0. The molecule has 0 atom stereocenters. The lowest BCUT2D eigenvalue weighted by Crippen LogP contribution is -2.27. The first-order valence-electron chi connectivity index (χ1n) is 29.1. The van der Waals surface area contributed by atoms with E-state index in [1.165, 1.54) is 42.4 Å². The minimum Gasteiger partial charge on any atom is -0.455 e. The summed E-state index contributed by atoms with van der Waals surface area (Å²) in [5.74, 6) is 0. The van der Waals surface area contributed by atoms with Crippen LogP contribution in [0.15, 0.2) is 199 Å². The lowest BCUT2D eigenvalue weighted by molar-refractivity contribution is 0.590. The summed E-state index contributed by atoms with van der Waals surface area (Å²) < 4.78 is 10.0. The van der Waals surface area contributed by atoms with Crippen molar-refractivity contribution in [3.8, 4) is 22.3 Å². The summed E-state index contributed by atoms with van der Waals surface area (Å²) in [5, 5.41) is 5.84. The quantitative estimate of drug-likeness (QED) is 0.165. The van der Waals surface area contributed by atoms with Gasteiger partial charge in [-0.2, -0.15) is 0 Å². The zero-order valence-electron chi connectivity index (χ0n) is 49.4. The second kappa shape index (κ2) is 18.7. The molecule has 0 radical (unpaired) electrons. The van der Waals surface area contributed by atoms with Crippen molar-refractivity contribution in [2.24, 2.45) is 0 Å². The topological polar surface area (TPSA) is 19.6 Å². The minimum atomic E-state index is -0.943. The first kappa shape index (κ1) is 53.4. The SMILES string of the molecule is CC(C)(C)c1ccc(N(c2ccc(C(C)(C)C)cc2)c2cc3c(c4oc5ccccc5c24)-c2c(cc(N(c4ccc(C(C)(C)C)cc4)c4ccc(C(C)(C)C)cc4)c4c2sc2ccccc24)C32c3cc(Cl)ccc3-c3ccc(Cl)cc32)cc1. The van der Waals surface area contributed by atoms with Crippen LogP contribution in [-0.4, -0.2) is 0 Å². The second-order valence-corrected chi connectivity index (χ2v) is 29.2. The summed E-state index contributed by atoms with van der Waals surface area (Å²) in [4.78, 5) is 4.98. The Labute approximate surface area is 502 Å². The Hall–Kier alpha value is -7.60. The molecule has 1 spiro atoms. The van der Waals surface area contributed by atoms with Gasteiger partial charge in [-0.1, -0.05) is 203 Å². The number of anilines is 6. The fraction of sp³-hybridized carbons (Fsp3) is 0.221. The maximum absolute atomic E-state index is 7.60. The number of benzene rings is 10. The van der Waals surface area contributed by atoms with Crippen molar-refractivity contribution in [2.75, 3.05) is 9.80 Å². The summed E-state index contributed by atoms with van der Waals surface area (Å²) in [6.45, 7) is 27.4. The third-order valence-electron chi connectivity index (χ3n) is 17.8. The van der Waals surface area contributed by atoms with E-state index in [0.717, 1.165) is 101 Å². The number of furan rings is 1. The molecule has 0 saturated carbocycles. The molecule has 14 rings (SSSR count). The highest BCUT2D eigenvalue weighted by molar-refractivity contribution is 7.26. The highest BCUT2D eigenvalue weighted by atomic mass is 35.5. The molecule has 0 unspecified atom stereocenters. The summed E-state index contributed by atoms with van der Waals surface area (Å²) >= 11 is 16.7. The standard InChI is InChI=1S/C77H68Cl2N2OS/c1-73(2,3)45-21-31-51(32-22-45)80(52-33-23-46(24-34-52)74(4,5)6)63-43-61-69(71-67(63)57-17-13-15-19-65(57)82-71)70-62(77(61)59-41-49(78)29-39-55(59)56-40-30-50(79)42-60(56)77)44-64(68-58-18-14-16-20-66(58)83-72(68)70)81(53-35-25-47(26-36-53)75(7,8)9)54-37-27-48(28-38-54)76(10,11)12/h13-44H,1-12H3. The second-order valence-electron chi connectivity index (χ2n) is 27.2. The molecule has 0 saturated heterocycles. The van der Waals surface area contributed by atoms with Gasteiger partial charge in [0, 0.05) is 69.5 Å². The van der Waals surface area contributed by atoms with Gasteiger partial charge in [0.15, 0.2) is 0 Å². The van der Waals surface area contributed by atoms with Gasteiger partial charge in [0.05, 0.1) is 22.2 Å². The van der Waals surface area contributed by atoms with Crippen molar-refractivity contribution in [3.63, 3.8) is 0 Å². The number of rotatable bonds is 6. The van der Waals surface area contributed by atoms with Gasteiger partial charge >= 0.3 is 0 Å². The molecule has 0 N–H and O–H groups in total. The summed E-state index contributed by atoms with van der Waals surface area (Å²) in [5.41, 5.74) is 21.1. The highest BCUT2D eigenvalue weighted by Gasteiger charge is 2.55. The fourth-order valence-electron chi connectivity index (χ4n) is 13.5. The third kappa shape index (κ3) is 8.33. The lowest BCUT2D eigenvalue weighted by atomic mass is 9.70. The molecule has 2 aliphatic rings. The predicted molar refractivity (Wildman–Crippen MR) is 357 cm³/mol. The molecule has 2 aromatic heterocycles. The van der Waals surface area contributed by atoms with E-state index < -0.39 is 5.41 Å². The number of para-hydroxylation sites is 1. The number of nitrogens with zero attached hydrogens (tertiary/aromatic N) is 2. The van der Waals surface area contributed by atoms with Crippen LogP contribution in [0.3, 0.4) is 0 Å². The Morgan fingerprint density at radius 2 is 0.771 bits per heavy atom. The Balaban J connectivity index is 1.18. The van der Waals surface area contributed by atoms with Crippen LogP contribution in [0.4, 0.5) is 34.1 Å². The van der Waals surface area contributed by atoms with Crippen LogP contribution >= 0.6 is 34.5 Å². The molecule has 0 amide bonds. The van der Waals surface area contributed by atoms with Crippen LogP contribution < -0.4 is 9.80 Å². The Morgan fingerprint density at radius 1 is 0.386 bits per heavy atom. The number of halogens is 2. The van der Waals surface area contributed by atoms with E-state index in [4.69, 9.17) is 27.6 Å². The molecule has 3 nitrogen and oxygen atoms in total. The Bertz CT molecular complexity index is 4180. The van der Waals surface area contributed by atoms with E-state index >= 15 is 0 Å². The van der Waals surface area contributed by atoms with Crippen molar-refractivity contribution in [2.45, 2.75) is 110 Å². The predicted octanol–water partition coefficient (Wildman–Crippen LogP) is 23.7. The summed E-state index contributed by atoms with van der Waals surface area (Å²) in [6, 6.07) is 72.5. The van der Waals surface area contributed by atoms with E-state index in [2.05, 4.69) is 275 Å². The molecule has 2 aliphatic carbocycles. The molecule has 83 heavy (non-hydrogen) atoms. The molecular weight excluding hydrogens is 1070 g/mol. The van der Waals surface area contributed by atoms with Crippen molar-refractivity contribution in [3.05, 3.63) is 249 Å². The molecule has 0 aliphatic heterocycles. The first-order valence-corrected chi connectivity index (χ1v) is 30.7. The minimum absolute atomic E-state index is 0.0335. The maximum Gasteiger partial charge on any atom is 0.145 e. The molecule has 412 valence electrons. The van der Waals surface area contributed by atoms with Gasteiger partial charge in [-0.3, -0.25) is 0 Å². The van der Waals surface area contributed by atoms with Crippen molar-refractivity contribution >= 4 is 111 Å². The Kier molecular flexibility index (Phi) is 12.0. The molecule has 2 heterocycles. The molecule has 6 heteroatoms. The number of hydrogen-bond donors (Lipinski definition) is 0. The lowest BCUT2D eigenvalue weighted by Gasteiger charge is -2.34. The zero-order chi connectivity index (χ0) is 57.9. The van der Waals surface area contributed by atoms with Crippen LogP contribution in [0.1, 0.15) is 128 Å². The van der Waals surface area contributed by atoms with E-state index in [1.54, 1.807) is 0 Å². The molecule has 10 aromatic carbocycles. The number of fused-ring (bicyclic) bond motifs is 18. The molecular formula is C77H68Cl2N2OS. The van der Waals surface area contributed by atoms with Gasteiger partial charge in [0.25, 0.3) is 0 Å². The van der Waals surface area contributed by atoms with Gasteiger partial charge in [0.2, 0.25) is 0 Å². The largest absolute Gasteiger partial charge is 0.455 e. The van der Waals surface area contributed by atoms with Gasteiger partial charge in [-0.25, -0.2) is 0 Å². The van der Waals surface area contributed by atoms with Crippen LogP contribution in [-0.2, 0) is 27.1 Å². The number of hydrogen-bond acceptors (Lipinski definition) is 4. The number of thiophene rings is 1.